The van der Waals surface area contributed by atoms with Gasteiger partial charge in [0.25, 0.3) is 0 Å². The summed E-state index contributed by atoms with van der Waals surface area (Å²) in [7, 11) is -3.28. The summed E-state index contributed by atoms with van der Waals surface area (Å²) in [6.45, 7) is 4.20. The van der Waals surface area contributed by atoms with Crippen molar-refractivity contribution in [2.75, 3.05) is 18.8 Å². The maximum absolute atomic E-state index is 12.3. The first-order valence-corrected chi connectivity index (χ1v) is 9.38. The molecule has 1 aromatic rings. The van der Waals surface area contributed by atoms with Crippen LogP contribution in [0.1, 0.15) is 33.1 Å². The molecule has 2 rings (SSSR count). The first-order valence-electron chi connectivity index (χ1n) is 7.77. The van der Waals surface area contributed by atoms with Gasteiger partial charge in [-0.2, -0.15) is 4.31 Å². The minimum Gasteiger partial charge on any atom is -0.486 e. The maximum atomic E-state index is 12.3. The molecule has 124 valence electrons. The van der Waals surface area contributed by atoms with Crippen LogP contribution in [0.4, 0.5) is 0 Å². The smallest absolute Gasteiger partial charge is 0.214 e. The van der Waals surface area contributed by atoms with Crippen molar-refractivity contribution in [3.63, 3.8) is 0 Å². The Morgan fingerprint density at radius 1 is 1.36 bits per heavy atom. The van der Waals surface area contributed by atoms with Crippen LogP contribution in [0.5, 0.6) is 5.75 Å². The predicted octanol–water partition coefficient (Wildman–Crippen LogP) is 2.02. The van der Waals surface area contributed by atoms with E-state index in [1.807, 2.05) is 25.1 Å². The highest BCUT2D eigenvalue weighted by Gasteiger charge is 2.42. The van der Waals surface area contributed by atoms with Gasteiger partial charge < -0.3 is 9.84 Å². The number of hydrogen-bond donors (Lipinski definition) is 1. The highest BCUT2D eigenvalue weighted by Crippen LogP contribution is 2.28. The Labute approximate surface area is 133 Å². The molecule has 0 amide bonds. The molecule has 0 unspecified atom stereocenters. The number of unbranched alkanes of at least 4 members (excludes halogenated alkanes) is 1. The van der Waals surface area contributed by atoms with Crippen LogP contribution in [0.3, 0.4) is 0 Å². The molecule has 1 heterocycles. The summed E-state index contributed by atoms with van der Waals surface area (Å²) >= 11 is 0. The van der Waals surface area contributed by atoms with Gasteiger partial charge in [-0.15, -0.1) is 0 Å². The lowest BCUT2D eigenvalue weighted by Gasteiger charge is -2.41. The third-order valence-electron chi connectivity index (χ3n) is 4.10. The second-order valence-electron chi connectivity index (χ2n) is 6.05. The van der Waals surface area contributed by atoms with E-state index in [1.54, 1.807) is 19.1 Å². The molecule has 0 spiro atoms. The number of rotatable bonds is 6. The molecule has 0 aliphatic carbocycles. The topological polar surface area (TPSA) is 66.8 Å². The Hall–Kier alpha value is -1.11. The van der Waals surface area contributed by atoms with Crippen LogP contribution < -0.4 is 4.74 Å². The first kappa shape index (κ1) is 17.2. The highest BCUT2D eigenvalue weighted by atomic mass is 32.2. The monoisotopic (exact) mass is 327 g/mol. The van der Waals surface area contributed by atoms with Crippen LogP contribution in [0.2, 0.25) is 0 Å². The second-order valence-corrected chi connectivity index (χ2v) is 8.14. The van der Waals surface area contributed by atoms with Gasteiger partial charge >= 0.3 is 0 Å². The average Bonchev–Trinajstić information content (AvgIpc) is 2.48. The lowest BCUT2D eigenvalue weighted by atomic mass is 9.91. The van der Waals surface area contributed by atoms with Gasteiger partial charge in [0.2, 0.25) is 10.0 Å². The van der Waals surface area contributed by atoms with E-state index in [4.69, 9.17) is 4.74 Å². The summed E-state index contributed by atoms with van der Waals surface area (Å²) in [5, 5.41) is 10.5. The quantitative estimate of drug-likeness (QED) is 0.868. The number of ether oxygens (including phenoxy) is 1. The molecule has 0 saturated carbocycles. The highest BCUT2D eigenvalue weighted by molar-refractivity contribution is 7.89. The molecule has 22 heavy (non-hydrogen) atoms. The molecule has 6 heteroatoms. The van der Waals surface area contributed by atoms with E-state index >= 15 is 0 Å². The molecule has 1 saturated heterocycles. The Morgan fingerprint density at radius 3 is 2.68 bits per heavy atom. The third kappa shape index (κ3) is 4.21. The van der Waals surface area contributed by atoms with Crippen LogP contribution in [0.15, 0.2) is 30.3 Å². The number of para-hydroxylation sites is 1. The van der Waals surface area contributed by atoms with E-state index < -0.39 is 21.7 Å². The van der Waals surface area contributed by atoms with Gasteiger partial charge in [0.1, 0.15) is 17.5 Å². The van der Waals surface area contributed by atoms with E-state index in [2.05, 4.69) is 0 Å². The second kappa shape index (κ2) is 6.98. The molecule has 5 nitrogen and oxygen atoms in total. The van der Waals surface area contributed by atoms with E-state index in [0.29, 0.717) is 25.1 Å². The lowest BCUT2D eigenvalue weighted by molar-refractivity contribution is -0.0809. The van der Waals surface area contributed by atoms with Crippen molar-refractivity contribution in [3.05, 3.63) is 30.3 Å². The summed E-state index contributed by atoms with van der Waals surface area (Å²) in [5.74, 6) is 0.796. The zero-order chi connectivity index (χ0) is 16.2. The van der Waals surface area contributed by atoms with Crippen molar-refractivity contribution in [2.45, 2.75) is 44.8 Å². The summed E-state index contributed by atoms with van der Waals surface area (Å²) in [4.78, 5) is 0. The lowest BCUT2D eigenvalue weighted by Crippen LogP contribution is -2.57. The Balaban J connectivity index is 2.10. The largest absolute Gasteiger partial charge is 0.486 e. The molecule has 0 aromatic heterocycles. The van der Waals surface area contributed by atoms with E-state index in [9.17, 15) is 13.5 Å². The Bertz CT molecular complexity index is 571. The number of benzene rings is 1. The average molecular weight is 327 g/mol. The van der Waals surface area contributed by atoms with Crippen molar-refractivity contribution in [1.29, 1.82) is 0 Å². The summed E-state index contributed by atoms with van der Waals surface area (Å²) in [6.07, 6.45) is 1.30. The van der Waals surface area contributed by atoms with Crippen molar-refractivity contribution < 1.29 is 18.3 Å². The van der Waals surface area contributed by atoms with Crippen molar-refractivity contribution in [2.24, 2.45) is 0 Å². The van der Waals surface area contributed by atoms with Gasteiger partial charge in [-0.3, -0.25) is 0 Å². The molecule has 2 atom stereocenters. The van der Waals surface area contributed by atoms with Gasteiger partial charge in [-0.05, 0) is 31.9 Å². The van der Waals surface area contributed by atoms with Crippen molar-refractivity contribution in [3.8, 4) is 5.75 Å². The fraction of sp³-hybridized carbons (Fsp3) is 0.625. The Morgan fingerprint density at radius 2 is 2.05 bits per heavy atom. The molecule has 1 N–H and O–H groups in total. The zero-order valence-corrected chi connectivity index (χ0v) is 14.1. The van der Waals surface area contributed by atoms with Gasteiger partial charge in [0.15, 0.2) is 0 Å². The van der Waals surface area contributed by atoms with E-state index in [0.717, 1.165) is 6.42 Å². The number of piperidine rings is 1. The SMILES string of the molecule is CCCCS(=O)(=O)N1CC[C@](C)(O)[C@@H](Oc2ccccc2)C1. The normalized spacial score (nSPS) is 26.8. The van der Waals surface area contributed by atoms with E-state index in [-0.39, 0.29) is 12.3 Å². The van der Waals surface area contributed by atoms with Gasteiger partial charge in [0, 0.05) is 6.54 Å². The minimum absolute atomic E-state index is 0.156. The summed E-state index contributed by atoms with van der Waals surface area (Å²) in [5.41, 5.74) is -1.04. The fourth-order valence-corrected chi connectivity index (χ4v) is 4.16. The maximum Gasteiger partial charge on any atom is 0.214 e. The molecule has 1 aromatic carbocycles. The predicted molar refractivity (Wildman–Crippen MR) is 86.4 cm³/mol. The number of nitrogens with zero attached hydrogens (tertiary/aromatic N) is 1. The zero-order valence-electron chi connectivity index (χ0n) is 13.2. The van der Waals surface area contributed by atoms with Crippen molar-refractivity contribution >= 4 is 10.0 Å². The van der Waals surface area contributed by atoms with Crippen molar-refractivity contribution in [1.82, 2.24) is 4.31 Å². The van der Waals surface area contributed by atoms with Crippen LogP contribution in [0.25, 0.3) is 0 Å². The molecular weight excluding hydrogens is 302 g/mol. The van der Waals surface area contributed by atoms with Gasteiger partial charge in [-0.25, -0.2) is 8.42 Å². The van der Waals surface area contributed by atoms with Crippen LogP contribution in [0, 0.1) is 0 Å². The first-order chi connectivity index (χ1) is 10.3. The van der Waals surface area contributed by atoms with Crippen LogP contribution in [-0.2, 0) is 10.0 Å². The van der Waals surface area contributed by atoms with E-state index in [1.165, 1.54) is 4.31 Å². The number of aliphatic hydroxyl groups is 1. The Kier molecular flexibility index (Phi) is 5.47. The fourth-order valence-electron chi connectivity index (χ4n) is 2.52. The molecule has 0 bridgehead atoms. The van der Waals surface area contributed by atoms with Gasteiger partial charge in [-0.1, -0.05) is 31.5 Å². The molecule has 0 radical (unpaired) electrons. The molecule has 1 fully saturated rings. The molecule has 1 aliphatic rings. The van der Waals surface area contributed by atoms with Crippen LogP contribution >= 0.6 is 0 Å². The number of hydrogen-bond acceptors (Lipinski definition) is 4. The molecule has 1 aliphatic heterocycles. The third-order valence-corrected chi connectivity index (χ3v) is 6.02. The number of sulfonamides is 1. The van der Waals surface area contributed by atoms with Crippen LogP contribution in [-0.4, -0.2) is 48.4 Å². The summed E-state index contributed by atoms with van der Waals surface area (Å²) < 4.78 is 32.0. The molecular formula is C16H25NO4S. The van der Waals surface area contributed by atoms with Gasteiger partial charge in [0.05, 0.1) is 12.3 Å². The summed E-state index contributed by atoms with van der Waals surface area (Å²) in [6, 6.07) is 9.19. The standard InChI is InChI=1S/C16H25NO4S/c1-3-4-12-22(19,20)17-11-10-16(2,18)15(13-17)21-14-8-6-5-7-9-14/h5-9,15,18H,3-4,10-13H2,1-2H3/t15-,16-/m0/s1. The minimum atomic E-state index is -3.28.